The van der Waals surface area contributed by atoms with E-state index in [4.69, 9.17) is 4.74 Å². The van der Waals surface area contributed by atoms with Gasteiger partial charge in [0.1, 0.15) is 12.4 Å². The number of nitrogens with one attached hydrogen (secondary N) is 2. The zero-order chi connectivity index (χ0) is 17.4. The van der Waals surface area contributed by atoms with Gasteiger partial charge in [0.2, 0.25) is 0 Å². The van der Waals surface area contributed by atoms with E-state index in [9.17, 15) is 0 Å². The monoisotopic (exact) mass is 465 g/mol. The molecule has 0 aliphatic carbocycles. The summed E-state index contributed by atoms with van der Waals surface area (Å²) in [6, 6.07) is 0.316. The molecule has 2 N–H and O–H groups in total. The number of halogens is 1. The summed E-state index contributed by atoms with van der Waals surface area (Å²) in [4.78, 5) is 11.4. The summed E-state index contributed by atoms with van der Waals surface area (Å²) in [5.74, 6) is 2.69. The second-order valence-electron chi connectivity index (χ2n) is 6.10. The van der Waals surface area contributed by atoms with Gasteiger partial charge in [0.25, 0.3) is 0 Å². The highest BCUT2D eigenvalue weighted by Gasteiger charge is 2.22. The van der Waals surface area contributed by atoms with Crippen LogP contribution in [0.3, 0.4) is 0 Å². The minimum atomic E-state index is 0. The minimum absolute atomic E-state index is 0. The second-order valence-corrected chi connectivity index (χ2v) is 6.10. The third-order valence-corrected chi connectivity index (χ3v) is 4.15. The first kappa shape index (κ1) is 22.1. The highest BCUT2D eigenvalue weighted by Crippen LogP contribution is 2.13. The summed E-state index contributed by atoms with van der Waals surface area (Å²) in [5.41, 5.74) is 0. The molecule has 8 nitrogen and oxygen atoms in total. The standard InChI is InChI=1S/C16H31N7O.HI/c1-5-17-16(18-9-10-22(3)6-2)19-13-7-8-15-20-14(12-24-4)21-23(15)11-13;/h13H,5-12H2,1-4H3,(H2,17,18,19);1H. The molecule has 1 aliphatic heterocycles. The normalized spacial score (nSPS) is 17.2. The smallest absolute Gasteiger partial charge is 0.191 e. The van der Waals surface area contributed by atoms with Crippen LogP contribution in [0.25, 0.3) is 0 Å². The molecule has 25 heavy (non-hydrogen) atoms. The number of hydrogen-bond acceptors (Lipinski definition) is 5. The number of aromatic nitrogens is 3. The summed E-state index contributed by atoms with van der Waals surface area (Å²) in [6.07, 6.45) is 1.96. The van der Waals surface area contributed by atoms with Crippen molar-refractivity contribution >= 4 is 29.9 Å². The lowest BCUT2D eigenvalue weighted by Gasteiger charge is -2.25. The van der Waals surface area contributed by atoms with Crippen molar-refractivity contribution in [3.63, 3.8) is 0 Å². The van der Waals surface area contributed by atoms with E-state index < -0.39 is 0 Å². The zero-order valence-electron chi connectivity index (χ0n) is 15.8. The SMILES string of the molecule is CCNC(=NCCN(C)CC)NC1CCc2nc(COC)nn2C1.I. The molecule has 1 aromatic rings. The molecule has 0 aromatic carbocycles. The highest BCUT2D eigenvalue weighted by atomic mass is 127. The van der Waals surface area contributed by atoms with E-state index >= 15 is 0 Å². The molecule has 1 unspecified atom stereocenters. The van der Waals surface area contributed by atoms with Gasteiger partial charge in [-0.2, -0.15) is 5.10 Å². The average Bonchev–Trinajstić information content (AvgIpc) is 2.96. The van der Waals surface area contributed by atoms with Crippen molar-refractivity contribution in [2.24, 2.45) is 4.99 Å². The fraction of sp³-hybridized carbons (Fsp3) is 0.812. The summed E-state index contributed by atoms with van der Waals surface area (Å²) < 4.78 is 7.10. The van der Waals surface area contributed by atoms with Gasteiger partial charge in [0, 0.05) is 32.7 Å². The van der Waals surface area contributed by atoms with Gasteiger partial charge in [-0.05, 0) is 26.9 Å². The number of ether oxygens (including phenoxy) is 1. The van der Waals surface area contributed by atoms with E-state index in [1.54, 1.807) is 7.11 Å². The lowest BCUT2D eigenvalue weighted by atomic mass is 10.1. The molecule has 0 amide bonds. The van der Waals surface area contributed by atoms with Crippen LogP contribution in [0, 0.1) is 0 Å². The summed E-state index contributed by atoms with van der Waals surface area (Å²) in [6.45, 7) is 9.17. The number of nitrogens with zero attached hydrogens (tertiary/aromatic N) is 5. The van der Waals surface area contributed by atoms with Crippen molar-refractivity contribution in [1.82, 2.24) is 30.3 Å². The van der Waals surface area contributed by atoms with Gasteiger partial charge in [0.15, 0.2) is 11.8 Å². The molecule has 0 saturated heterocycles. The number of rotatable bonds is 8. The van der Waals surface area contributed by atoms with Crippen LogP contribution in [-0.2, 0) is 24.3 Å². The van der Waals surface area contributed by atoms with Gasteiger partial charge < -0.3 is 20.3 Å². The highest BCUT2D eigenvalue weighted by molar-refractivity contribution is 14.0. The maximum atomic E-state index is 5.11. The first-order chi connectivity index (χ1) is 11.7. The fourth-order valence-corrected chi connectivity index (χ4v) is 2.67. The van der Waals surface area contributed by atoms with Crippen LogP contribution < -0.4 is 10.6 Å². The van der Waals surface area contributed by atoms with Crippen molar-refractivity contribution < 1.29 is 4.74 Å². The predicted octanol–water partition coefficient (Wildman–Crippen LogP) is 0.864. The number of aryl methyl sites for hydroxylation is 1. The minimum Gasteiger partial charge on any atom is -0.377 e. The van der Waals surface area contributed by atoms with Gasteiger partial charge in [-0.15, -0.1) is 24.0 Å². The number of likely N-dealkylation sites (N-methyl/N-ethyl adjacent to an activating group) is 1. The Morgan fingerprint density at radius 1 is 1.44 bits per heavy atom. The molecule has 0 bridgehead atoms. The Bertz CT molecular complexity index is 535. The lowest BCUT2D eigenvalue weighted by molar-refractivity contribution is 0.177. The van der Waals surface area contributed by atoms with Crippen LogP contribution in [-0.4, -0.2) is 72.0 Å². The topological polar surface area (TPSA) is 79.6 Å². The Morgan fingerprint density at radius 2 is 2.24 bits per heavy atom. The Kier molecular flexibility index (Phi) is 10.3. The Labute approximate surface area is 167 Å². The van der Waals surface area contributed by atoms with Gasteiger partial charge in [-0.1, -0.05) is 6.92 Å². The maximum absolute atomic E-state index is 5.11. The first-order valence-corrected chi connectivity index (χ1v) is 8.81. The summed E-state index contributed by atoms with van der Waals surface area (Å²) >= 11 is 0. The van der Waals surface area contributed by atoms with Crippen LogP contribution in [0.1, 0.15) is 31.9 Å². The van der Waals surface area contributed by atoms with Crippen molar-refractivity contribution in [3.8, 4) is 0 Å². The van der Waals surface area contributed by atoms with Crippen molar-refractivity contribution in [2.45, 2.75) is 45.9 Å². The van der Waals surface area contributed by atoms with E-state index in [0.29, 0.717) is 12.6 Å². The molecule has 2 heterocycles. The van der Waals surface area contributed by atoms with E-state index in [0.717, 1.165) is 63.2 Å². The Morgan fingerprint density at radius 3 is 2.92 bits per heavy atom. The average molecular weight is 465 g/mol. The van der Waals surface area contributed by atoms with Crippen LogP contribution in [0.4, 0.5) is 0 Å². The Balaban J connectivity index is 0.00000312. The molecule has 0 spiro atoms. The molecule has 1 aliphatic rings. The van der Waals surface area contributed by atoms with Crippen LogP contribution >= 0.6 is 24.0 Å². The van der Waals surface area contributed by atoms with E-state index in [1.807, 2.05) is 4.68 Å². The predicted molar refractivity (Wildman–Crippen MR) is 111 cm³/mol. The largest absolute Gasteiger partial charge is 0.377 e. The van der Waals surface area contributed by atoms with E-state index in [2.05, 4.69) is 51.5 Å². The third kappa shape index (κ3) is 7.06. The summed E-state index contributed by atoms with van der Waals surface area (Å²) in [5, 5.41) is 11.4. The number of aliphatic imine (C=N–C) groups is 1. The van der Waals surface area contributed by atoms with Gasteiger partial charge in [0.05, 0.1) is 13.1 Å². The molecule has 1 aromatic heterocycles. The van der Waals surface area contributed by atoms with E-state index in [1.165, 1.54) is 0 Å². The quantitative estimate of drug-likeness (QED) is 0.337. The molecular formula is C16H32IN7O. The molecule has 144 valence electrons. The molecule has 9 heteroatoms. The lowest BCUT2D eigenvalue weighted by Crippen LogP contribution is -2.47. The van der Waals surface area contributed by atoms with Crippen molar-refractivity contribution in [2.75, 3.05) is 40.3 Å². The van der Waals surface area contributed by atoms with Gasteiger partial charge in [-0.25, -0.2) is 9.67 Å². The number of methoxy groups -OCH3 is 1. The van der Waals surface area contributed by atoms with Crippen molar-refractivity contribution in [1.29, 1.82) is 0 Å². The van der Waals surface area contributed by atoms with Gasteiger partial charge >= 0.3 is 0 Å². The molecule has 1 atom stereocenters. The second kappa shape index (κ2) is 11.6. The number of hydrogen-bond donors (Lipinski definition) is 2. The number of guanidine groups is 1. The van der Waals surface area contributed by atoms with Crippen LogP contribution in [0.5, 0.6) is 0 Å². The molecule has 0 saturated carbocycles. The van der Waals surface area contributed by atoms with E-state index in [-0.39, 0.29) is 24.0 Å². The van der Waals surface area contributed by atoms with Gasteiger partial charge in [-0.3, -0.25) is 4.99 Å². The van der Waals surface area contributed by atoms with Crippen LogP contribution in [0.15, 0.2) is 4.99 Å². The van der Waals surface area contributed by atoms with Crippen LogP contribution in [0.2, 0.25) is 0 Å². The molecular weight excluding hydrogens is 433 g/mol. The zero-order valence-corrected chi connectivity index (χ0v) is 18.1. The molecule has 0 radical (unpaired) electrons. The molecule has 0 fully saturated rings. The van der Waals surface area contributed by atoms with Crippen molar-refractivity contribution in [3.05, 3.63) is 11.6 Å². The fourth-order valence-electron chi connectivity index (χ4n) is 2.67. The maximum Gasteiger partial charge on any atom is 0.191 e. The first-order valence-electron chi connectivity index (χ1n) is 8.81. The summed E-state index contributed by atoms with van der Waals surface area (Å²) in [7, 11) is 3.78. The molecule has 2 rings (SSSR count). The Hall–Kier alpha value is -0.940. The number of fused-ring (bicyclic) bond motifs is 1. The third-order valence-electron chi connectivity index (χ3n) is 4.15.